The van der Waals surface area contributed by atoms with Gasteiger partial charge in [-0.25, -0.2) is 4.79 Å². The summed E-state index contributed by atoms with van der Waals surface area (Å²) in [4.78, 5) is 24.6. The molecule has 3 rings (SSSR count). The molecule has 31 heavy (non-hydrogen) atoms. The minimum Gasteiger partial charge on any atom is -0.495 e. The van der Waals surface area contributed by atoms with Crippen LogP contribution in [0.2, 0.25) is 0 Å². The van der Waals surface area contributed by atoms with Crippen LogP contribution in [0, 0.1) is 0 Å². The highest BCUT2D eigenvalue weighted by Crippen LogP contribution is 2.24. The maximum atomic E-state index is 12.4. The van der Waals surface area contributed by atoms with Gasteiger partial charge in [0.25, 0.3) is 5.91 Å². The van der Waals surface area contributed by atoms with Gasteiger partial charge in [0.1, 0.15) is 11.5 Å². The van der Waals surface area contributed by atoms with E-state index in [-0.39, 0.29) is 6.61 Å². The zero-order chi connectivity index (χ0) is 22.1. The van der Waals surface area contributed by atoms with E-state index < -0.39 is 18.0 Å². The molecular weight excluding hydrogens is 394 g/mol. The summed E-state index contributed by atoms with van der Waals surface area (Å²) >= 11 is 0. The predicted molar refractivity (Wildman–Crippen MR) is 118 cm³/mol. The van der Waals surface area contributed by atoms with E-state index in [1.807, 2.05) is 54.6 Å². The largest absolute Gasteiger partial charge is 0.495 e. The number of anilines is 1. The first-order valence-corrected chi connectivity index (χ1v) is 9.95. The van der Waals surface area contributed by atoms with Gasteiger partial charge in [0, 0.05) is 6.42 Å². The van der Waals surface area contributed by atoms with E-state index in [4.69, 9.17) is 14.2 Å². The second kappa shape index (κ2) is 10.8. The van der Waals surface area contributed by atoms with Gasteiger partial charge in [-0.15, -0.1) is 0 Å². The minimum absolute atomic E-state index is 0.294. The number of para-hydroxylation sites is 3. The number of hydrogen-bond acceptors (Lipinski definition) is 5. The van der Waals surface area contributed by atoms with Crippen LogP contribution < -0.4 is 14.8 Å². The van der Waals surface area contributed by atoms with Crippen LogP contribution in [-0.4, -0.2) is 31.7 Å². The molecule has 0 fully saturated rings. The summed E-state index contributed by atoms with van der Waals surface area (Å²) < 4.78 is 16.1. The Balaban J connectivity index is 1.54. The fraction of sp³-hybridized carbons (Fsp3) is 0.200. The molecule has 3 aromatic carbocycles. The van der Waals surface area contributed by atoms with Crippen molar-refractivity contribution in [3.05, 3.63) is 90.0 Å². The summed E-state index contributed by atoms with van der Waals surface area (Å²) in [5, 5.41) is 2.69. The maximum Gasteiger partial charge on any atom is 0.344 e. The Morgan fingerprint density at radius 1 is 0.871 bits per heavy atom. The van der Waals surface area contributed by atoms with Gasteiger partial charge in [-0.1, -0.05) is 60.7 Å². The number of rotatable bonds is 9. The summed E-state index contributed by atoms with van der Waals surface area (Å²) in [6.45, 7) is 1.21. The highest BCUT2D eigenvalue weighted by molar-refractivity contribution is 5.96. The van der Waals surface area contributed by atoms with Gasteiger partial charge >= 0.3 is 5.97 Å². The molecule has 1 atom stereocenters. The third kappa shape index (κ3) is 6.34. The molecule has 1 amide bonds. The molecule has 3 aromatic rings. The van der Waals surface area contributed by atoms with Gasteiger partial charge in [0.2, 0.25) is 0 Å². The van der Waals surface area contributed by atoms with Crippen LogP contribution in [0.1, 0.15) is 18.1 Å². The lowest BCUT2D eigenvalue weighted by molar-refractivity contribution is -0.155. The van der Waals surface area contributed by atoms with Crippen LogP contribution in [0.5, 0.6) is 11.5 Å². The molecule has 0 saturated carbocycles. The number of hydrogen-bond donors (Lipinski definition) is 1. The Labute approximate surface area is 181 Å². The third-order valence-electron chi connectivity index (χ3n) is 4.60. The average molecular weight is 419 g/mol. The molecule has 6 nitrogen and oxygen atoms in total. The Morgan fingerprint density at radius 2 is 1.52 bits per heavy atom. The topological polar surface area (TPSA) is 73.9 Å². The second-order valence-corrected chi connectivity index (χ2v) is 6.88. The van der Waals surface area contributed by atoms with Crippen molar-refractivity contribution in [1.82, 2.24) is 0 Å². The molecule has 1 N–H and O–H groups in total. The standard InChI is InChI=1S/C25H25NO5/c1-18(25(28)26-21-13-7-9-15-23(21)29-2)31-24(27)17-30-22-14-8-6-12-20(22)16-19-10-4-3-5-11-19/h3-15,18H,16-17H2,1-2H3,(H,26,28)/t18-/m1/s1. The molecule has 0 spiro atoms. The third-order valence-corrected chi connectivity index (χ3v) is 4.60. The van der Waals surface area contributed by atoms with Crippen LogP contribution in [0.25, 0.3) is 0 Å². The molecule has 0 aliphatic rings. The summed E-state index contributed by atoms with van der Waals surface area (Å²) in [5.74, 6) is 0.0432. The molecule has 0 unspecified atom stereocenters. The Bertz CT molecular complexity index is 1020. The van der Waals surface area contributed by atoms with Gasteiger partial charge in [-0.05, 0) is 36.2 Å². The number of nitrogens with one attached hydrogen (secondary N) is 1. The maximum absolute atomic E-state index is 12.4. The van der Waals surface area contributed by atoms with Crippen LogP contribution in [-0.2, 0) is 20.7 Å². The van der Waals surface area contributed by atoms with E-state index in [9.17, 15) is 9.59 Å². The van der Waals surface area contributed by atoms with Crippen molar-refractivity contribution in [3.63, 3.8) is 0 Å². The number of carbonyl (C=O) groups excluding carboxylic acids is 2. The molecule has 0 heterocycles. The summed E-state index contributed by atoms with van der Waals surface area (Å²) in [6.07, 6.45) is -0.301. The molecular formula is C25H25NO5. The molecule has 160 valence electrons. The van der Waals surface area contributed by atoms with Gasteiger partial charge in [-0.3, -0.25) is 4.79 Å². The van der Waals surface area contributed by atoms with E-state index >= 15 is 0 Å². The number of methoxy groups -OCH3 is 1. The highest BCUT2D eigenvalue weighted by Gasteiger charge is 2.19. The molecule has 0 aliphatic carbocycles. The summed E-state index contributed by atoms with van der Waals surface area (Å²) in [6, 6.07) is 24.5. The number of benzene rings is 3. The summed E-state index contributed by atoms with van der Waals surface area (Å²) in [7, 11) is 1.52. The van der Waals surface area contributed by atoms with Crippen LogP contribution >= 0.6 is 0 Å². The first-order valence-electron chi connectivity index (χ1n) is 9.95. The summed E-state index contributed by atoms with van der Waals surface area (Å²) in [5.41, 5.74) is 2.61. The lowest BCUT2D eigenvalue weighted by atomic mass is 10.0. The van der Waals surface area contributed by atoms with Gasteiger partial charge in [0.05, 0.1) is 12.8 Å². The van der Waals surface area contributed by atoms with Gasteiger partial charge < -0.3 is 19.5 Å². The normalized spacial score (nSPS) is 11.3. The smallest absolute Gasteiger partial charge is 0.344 e. The van der Waals surface area contributed by atoms with E-state index in [0.717, 1.165) is 11.1 Å². The number of carbonyl (C=O) groups is 2. The van der Waals surface area contributed by atoms with Crippen molar-refractivity contribution in [1.29, 1.82) is 0 Å². The van der Waals surface area contributed by atoms with E-state index in [1.165, 1.54) is 14.0 Å². The van der Waals surface area contributed by atoms with Crippen molar-refractivity contribution in [2.45, 2.75) is 19.4 Å². The molecule has 0 aliphatic heterocycles. The molecule has 0 radical (unpaired) electrons. The zero-order valence-electron chi connectivity index (χ0n) is 17.5. The predicted octanol–water partition coefficient (Wildman–Crippen LogP) is 4.24. The number of amides is 1. The van der Waals surface area contributed by atoms with E-state index in [0.29, 0.717) is 23.6 Å². The van der Waals surface area contributed by atoms with Crippen LogP contribution in [0.3, 0.4) is 0 Å². The number of esters is 1. The van der Waals surface area contributed by atoms with Crippen LogP contribution in [0.15, 0.2) is 78.9 Å². The molecule has 6 heteroatoms. The van der Waals surface area contributed by atoms with Crippen molar-refractivity contribution in [2.24, 2.45) is 0 Å². The van der Waals surface area contributed by atoms with Crippen molar-refractivity contribution in [3.8, 4) is 11.5 Å². The quantitative estimate of drug-likeness (QED) is 0.525. The number of ether oxygens (including phenoxy) is 3. The Hall–Kier alpha value is -3.80. The highest BCUT2D eigenvalue weighted by atomic mass is 16.6. The Morgan fingerprint density at radius 3 is 2.26 bits per heavy atom. The SMILES string of the molecule is COc1ccccc1NC(=O)[C@@H](C)OC(=O)COc1ccccc1Cc1ccccc1. The van der Waals surface area contributed by atoms with Crippen molar-refractivity contribution in [2.75, 3.05) is 19.0 Å². The van der Waals surface area contributed by atoms with Gasteiger partial charge in [0.15, 0.2) is 12.7 Å². The first-order chi connectivity index (χ1) is 15.1. The molecule has 0 bridgehead atoms. The van der Waals surface area contributed by atoms with Gasteiger partial charge in [-0.2, -0.15) is 0 Å². The molecule has 0 aromatic heterocycles. The first kappa shape index (κ1) is 21.9. The minimum atomic E-state index is -0.986. The fourth-order valence-corrected chi connectivity index (χ4v) is 3.01. The fourth-order valence-electron chi connectivity index (χ4n) is 3.01. The zero-order valence-corrected chi connectivity index (χ0v) is 17.5. The van der Waals surface area contributed by atoms with Crippen molar-refractivity contribution < 1.29 is 23.8 Å². The lowest BCUT2D eigenvalue weighted by Crippen LogP contribution is -2.31. The van der Waals surface area contributed by atoms with Crippen LogP contribution in [0.4, 0.5) is 5.69 Å². The van der Waals surface area contributed by atoms with E-state index in [2.05, 4.69) is 5.32 Å². The lowest BCUT2D eigenvalue weighted by Gasteiger charge is -2.16. The molecule has 0 saturated heterocycles. The van der Waals surface area contributed by atoms with E-state index in [1.54, 1.807) is 24.3 Å². The monoisotopic (exact) mass is 419 g/mol. The Kier molecular flexibility index (Phi) is 7.65. The average Bonchev–Trinajstić information content (AvgIpc) is 2.79. The second-order valence-electron chi connectivity index (χ2n) is 6.88. The van der Waals surface area contributed by atoms with Crippen molar-refractivity contribution >= 4 is 17.6 Å².